The lowest BCUT2D eigenvalue weighted by Gasteiger charge is -2.10. The fraction of sp³-hybridized carbons (Fsp3) is 0.167. The van der Waals surface area contributed by atoms with Crippen LogP contribution in [0.1, 0.15) is 10.4 Å². The van der Waals surface area contributed by atoms with Crippen LogP contribution in [0.3, 0.4) is 0 Å². The van der Waals surface area contributed by atoms with E-state index in [1.54, 1.807) is 6.07 Å². The zero-order valence-corrected chi connectivity index (χ0v) is 9.28. The molecular weight excluding hydrogens is 216 g/mol. The summed E-state index contributed by atoms with van der Waals surface area (Å²) in [7, 11) is 0. The molecule has 0 saturated heterocycles. The van der Waals surface area contributed by atoms with Gasteiger partial charge in [-0.2, -0.15) is 0 Å². The third-order valence-corrected chi connectivity index (χ3v) is 2.45. The fourth-order valence-corrected chi connectivity index (χ4v) is 1.59. The lowest BCUT2D eigenvalue weighted by atomic mass is 10.1. The van der Waals surface area contributed by atoms with Crippen molar-refractivity contribution in [1.29, 1.82) is 0 Å². The molecule has 0 aliphatic carbocycles. The van der Waals surface area contributed by atoms with Crippen LogP contribution < -0.4 is 11.5 Å². The van der Waals surface area contributed by atoms with Crippen LogP contribution in [-0.2, 0) is 6.42 Å². The first-order valence-electron chi connectivity index (χ1n) is 5.31. The maximum atomic E-state index is 11.9. The fourth-order valence-electron chi connectivity index (χ4n) is 1.59. The molecule has 2 rings (SSSR count). The zero-order valence-electron chi connectivity index (χ0n) is 9.28. The average molecular weight is 230 g/mol. The van der Waals surface area contributed by atoms with Gasteiger partial charge < -0.3 is 11.5 Å². The molecule has 0 aliphatic heterocycles. The predicted molar refractivity (Wildman–Crippen MR) is 65.4 cm³/mol. The molecule has 1 aromatic heterocycles. The van der Waals surface area contributed by atoms with E-state index in [4.69, 9.17) is 11.5 Å². The largest absolute Gasteiger partial charge is 0.382 e. The highest BCUT2D eigenvalue weighted by Gasteiger charge is 2.16. The normalized spacial score (nSPS) is 12.3. The molecule has 5 nitrogen and oxygen atoms in total. The van der Waals surface area contributed by atoms with Gasteiger partial charge in [-0.05, 0) is 12.0 Å². The maximum absolute atomic E-state index is 11.9. The molecule has 88 valence electrons. The van der Waals surface area contributed by atoms with E-state index in [-0.39, 0.29) is 5.91 Å². The van der Waals surface area contributed by atoms with Crippen LogP contribution in [-0.4, -0.2) is 21.7 Å². The quantitative estimate of drug-likeness (QED) is 0.811. The molecule has 5 heteroatoms. The Morgan fingerprint density at radius 1 is 1.29 bits per heavy atom. The van der Waals surface area contributed by atoms with E-state index in [1.165, 1.54) is 10.9 Å². The minimum absolute atomic E-state index is 0.259. The van der Waals surface area contributed by atoms with Crippen LogP contribution in [0.5, 0.6) is 0 Å². The molecule has 17 heavy (non-hydrogen) atoms. The summed E-state index contributed by atoms with van der Waals surface area (Å²) in [5.74, 6) is 0.0517. The first-order valence-corrected chi connectivity index (χ1v) is 5.31. The van der Waals surface area contributed by atoms with Crippen molar-refractivity contribution in [2.75, 3.05) is 5.73 Å². The van der Waals surface area contributed by atoms with Crippen LogP contribution in [0.15, 0.2) is 42.6 Å². The van der Waals surface area contributed by atoms with Crippen LogP contribution in [0, 0.1) is 0 Å². The molecule has 4 N–H and O–H groups in total. The lowest BCUT2D eigenvalue weighted by molar-refractivity contribution is 0.0863. The van der Waals surface area contributed by atoms with Gasteiger partial charge in [0.05, 0.1) is 6.04 Å². The highest BCUT2D eigenvalue weighted by molar-refractivity contribution is 5.83. The number of nitrogen functional groups attached to an aromatic ring is 1. The van der Waals surface area contributed by atoms with E-state index in [0.29, 0.717) is 12.2 Å². The highest BCUT2D eigenvalue weighted by atomic mass is 16.2. The molecule has 0 aliphatic rings. The molecule has 0 radical (unpaired) electrons. The van der Waals surface area contributed by atoms with Crippen molar-refractivity contribution in [3.8, 4) is 0 Å². The summed E-state index contributed by atoms with van der Waals surface area (Å²) < 4.78 is 1.18. The minimum Gasteiger partial charge on any atom is -0.382 e. The van der Waals surface area contributed by atoms with E-state index in [2.05, 4.69) is 5.10 Å². The van der Waals surface area contributed by atoms with Gasteiger partial charge >= 0.3 is 0 Å². The zero-order chi connectivity index (χ0) is 12.3. The van der Waals surface area contributed by atoms with E-state index >= 15 is 0 Å². The molecule has 0 bridgehead atoms. The van der Waals surface area contributed by atoms with Crippen molar-refractivity contribution in [2.45, 2.75) is 12.5 Å². The molecule has 0 amide bonds. The Morgan fingerprint density at radius 2 is 2.00 bits per heavy atom. The summed E-state index contributed by atoms with van der Waals surface area (Å²) in [4.78, 5) is 11.9. The second kappa shape index (κ2) is 4.80. The standard InChI is InChI=1S/C12H14N4O/c13-10(8-9-4-2-1-3-5-9)12(17)16-7-6-11(14)15-16/h1-7,10H,8,13H2,(H2,14,15)/t10-/m0/s1. The van der Waals surface area contributed by atoms with Gasteiger partial charge in [0.25, 0.3) is 5.91 Å². The summed E-state index contributed by atoms with van der Waals surface area (Å²) in [6.45, 7) is 0. The topological polar surface area (TPSA) is 86.9 Å². The number of nitrogens with zero attached hydrogens (tertiary/aromatic N) is 2. The van der Waals surface area contributed by atoms with Crippen LogP contribution in [0.2, 0.25) is 0 Å². The Kier molecular flexibility index (Phi) is 3.20. The van der Waals surface area contributed by atoms with Crippen LogP contribution in [0.25, 0.3) is 0 Å². The first-order chi connectivity index (χ1) is 8.16. The van der Waals surface area contributed by atoms with Crippen molar-refractivity contribution >= 4 is 11.7 Å². The van der Waals surface area contributed by atoms with Gasteiger partial charge in [-0.25, -0.2) is 4.68 Å². The van der Waals surface area contributed by atoms with Gasteiger partial charge in [0.15, 0.2) is 0 Å². The molecule has 0 spiro atoms. The van der Waals surface area contributed by atoms with Crippen molar-refractivity contribution in [1.82, 2.24) is 9.78 Å². The number of benzene rings is 1. The minimum atomic E-state index is -0.614. The summed E-state index contributed by atoms with van der Waals surface area (Å²) in [6, 6.07) is 10.6. The van der Waals surface area contributed by atoms with E-state index in [9.17, 15) is 4.79 Å². The second-order valence-corrected chi connectivity index (χ2v) is 3.82. The molecule has 1 heterocycles. The molecule has 1 atom stereocenters. The molecule has 0 unspecified atom stereocenters. The Morgan fingerprint density at radius 3 is 2.59 bits per heavy atom. The Labute approximate surface area is 99.0 Å². The summed E-state index contributed by atoms with van der Waals surface area (Å²) in [6.07, 6.45) is 2.00. The van der Waals surface area contributed by atoms with Crippen molar-refractivity contribution in [2.24, 2.45) is 5.73 Å². The molecule has 0 saturated carbocycles. The molecule has 2 aromatic rings. The Bertz CT molecular complexity index is 506. The monoisotopic (exact) mass is 230 g/mol. The molecule has 1 aromatic carbocycles. The van der Waals surface area contributed by atoms with Crippen LogP contribution in [0.4, 0.5) is 5.82 Å². The van der Waals surface area contributed by atoms with E-state index < -0.39 is 6.04 Å². The number of carbonyl (C=O) groups excluding carboxylic acids is 1. The number of hydrogen-bond acceptors (Lipinski definition) is 4. The van der Waals surface area contributed by atoms with Crippen molar-refractivity contribution < 1.29 is 4.79 Å². The third-order valence-electron chi connectivity index (χ3n) is 2.45. The van der Waals surface area contributed by atoms with Gasteiger partial charge in [0.1, 0.15) is 5.82 Å². The first kappa shape index (κ1) is 11.3. The number of nitrogens with two attached hydrogens (primary N) is 2. The summed E-state index contributed by atoms with van der Waals surface area (Å²) >= 11 is 0. The molecular formula is C12H14N4O. The van der Waals surface area contributed by atoms with Gasteiger partial charge in [-0.15, -0.1) is 5.10 Å². The predicted octanol–water partition coefficient (Wildman–Crippen LogP) is 0.675. The summed E-state index contributed by atoms with van der Waals surface area (Å²) in [5.41, 5.74) is 12.3. The third kappa shape index (κ3) is 2.70. The van der Waals surface area contributed by atoms with Crippen molar-refractivity contribution in [3.05, 3.63) is 48.2 Å². The maximum Gasteiger partial charge on any atom is 0.264 e. The van der Waals surface area contributed by atoms with Gasteiger partial charge in [0, 0.05) is 12.3 Å². The van der Waals surface area contributed by atoms with Gasteiger partial charge in [0.2, 0.25) is 0 Å². The van der Waals surface area contributed by atoms with Crippen molar-refractivity contribution in [3.63, 3.8) is 0 Å². The number of aromatic nitrogens is 2. The Balaban J connectivity index is 2.06. The van der Waals surface area contributed by atoms with E-state index in [1.807, 2.05) is 30.3 Å². The number of rotatable bonds is 3. The van der Waals surface area contributed by atoms with E-state index in [0.717, 1.165) is 5.56 Å². The second-order valence-electron chi connectivity index (χ2n) is 3.82. The Hall–Kier alpha value is -2.14. The summed E-state index contributed by atoms with van der Waals surface area (Å²) in [5, 5.41) is 3.84. The highest BCUT2D eigenvalue weighted by Crippen LogP contribution is 2.04. The van der Waals surface area contributed by atoms with Gasteiger partial charge in [-0.3, -0.25) is 4.79 Å². The number of carbonyl (C=O) groups is 1. The molecule has 0 fully saturated rings. The lowest BCUT2D eigenvalue weighted by Crippen LogP contribution is -2.37. The SMILES string of the molecule is Nc1ccn(C(=O)[C@@H](N)Cc2ccccc2)n1. The number of anilines is 1. The van der Waals surface area contributed by atoms with Gasteiger partial charge in [-0.1, -0.05) is 30.3 Å². The smallest absolute Gasteiger partial charge is 0.264 e. The van der Waals surface area contributed by atoms with Crippen LogP contribution >= 0.6 is 0 Å². The average Bonchev–Trinajstić information content (AvgIpc) is 2.76. The number of hydrogen-bond donors (Lipinski definition) is 2.